The van der Waals surface area contributed by atoms with Gasteiger partial charge >= 0.3 is 0 Å². The van der Waals surface area contributed by atoms with Crippen molar-refractivity contribution in [1.82, 2.24) is 0 Å². The molecule has 1 aliphatic carbocycles. The number of nitro groups is 1. The predicted octanol–water partition coefficient (Wildman–Crippen LogP) is 3.98. The Morgan fingerprint density at radius 3 is 2.80 bits per heavy atom. The van der Waals surface area contributed by atoms with Crippen molar-refractivity contribution in [3.8, 4) is 5.75 Å². The first-order chi connectivity index (χ1) is 9.60. The van der Waals surface area contributed by atoms with E-state index in [-0.39, 0.29) is 10.6 Å². The Hall–Kier alpha value is -1.78. The molecule has 2 atom stereocenters. The highest BCUT2D eigenvalue weighted by molar-refractivity contribution is 5.64. The Balaban J connectivity index is 2.13. The fourth-order valence-corrected chi connectivity index (χ4v) is 2.76. The van der Waals surface area contributed by atoms with Gasteiger partial charge in [-0.25, -0.2) is 0 Å². The molecule has 0 bridgehead atoms. The van der Waals surface area contributed by atoms with Gasteiger partial charge in [-0.2, -0.15) is 0 Å². The van der Waals surface area contributed by atoms with Crippen molar-refractivity contribution in [2.45, 2.75) is 45.1 Å². The Labute approximate surface area is 119 Å². The van der Waals surface area contributed by atoms with Gasteiger partial charge in [0.1, 0.15) is 11.4 Å². The number of hydrogen-bond donors (Lipinski definition) is 1. The van der Waals surface area contributed by atoms with Gasteiger partial charge in [-0.1, -0.05) is 19.8 Å². The summed E-state index contributed by atoms with van der Waals surface area (Å²) in [6.45, 7) is 2.28. The van der Waals surface area contributed by atoms with Crippen LogP contribution in [-0.4, -0.2) is 18.1 Å². The Morgan fingerprint density at radius 2 is 2.10 bits per heavy atom. The van der Waals surface area contributed by atoms with Gasteiger partial charge in [-0.3, -0.25) is 10.1 Å². The van der Waals surface area contributed by atoms with E-state index in [0.717, 1.165) is 18.8 Å². The summed E-state index contributed by atoms with van der Waals surface area (Å²) in [7, 11) is 1.51. The Bertz CT molecular complexity index is 476. The molecule has 1 N–H and O–H groups in total. The number of ether oxygens (including phenoxy) is 1. The molecule has 20 heavy (non-hydrogen) atoms. The molecule has 0 saturated heterocycles. The SMILES string of the molecule is COc1ccc(NC2CCCC(C)CC2)c([N+](=O)[O-])c1. The van der Waals surface area contributed by atoms with Crippen LogP contribution in [-0.2, 0) is 0 Å². The van der Waals surface area contributed by atoms with Crippen molar-refractivity contribution < 1.29 is 9.66 Å². The zero-order valence-electron chi connectivity index (χ0n) is 12.1. The molecule has 110 valence electrons. The average Bonchev–Trinajstić information content (AvgIpc) is 2.64. The fraction of sp³-hybridized carbons (Fsp3) is 0.600. The van der Waals surface area contributed by atoms with Crippen LogP contribution in [0, 0.1) is 16.0 Å². The highest BCUT2D eigenvalue weighted by Crippen LogP contribution is 2.32. The number of nitro benzene ring substituents is 1. The highest BCUT2D eigenvalue weighted by Gasteiger charge is 2.20. The van der Waals surface area contributed by atoms with Crippen LogP contribution in [0.1, 0.15) is 39.0 Å². The molecular weight excluding hydrogens is 256 g/mol. The van der Waals surface area contributed by atoms with Crippen molar-refractivity contribution in [2.24, 2.45) is 5.92 Å². The van der Waals surface area contributed by atoms with Gasteiger partial charge in [0.25, 0.3) is 5.69 Å². The topological polar surface area (TPSA) is 64.4 Å². The molecule has 0 aromatic heterocycles. The third kappa shape index (κ3) is 3.62. The van der Waals surface area contributed by atoms with Gasteiger partial charge in [0.15, 0.2) is 0 Å². The smallest absolute Gasteiger partial charge is 0.296 e. The van der Waals surface area contributed by atoms with Crippen LogP contribution >= 0.6 is 0 Å². The first-order valence-electron chi connectivity index (χ1n) is 7.19. The maximum Gasteiger partial charge on any atom is 0.296 e. The van der Waals surface area contributed by atoms with Gasteiger partial charge < -0.3 is 10.1 Å². The number of methoxy groups -OCH3 is 1. The zero-order valence-corrected chi connectivity index (χ0v) is 12.1. The average molecular weight is 278 g/mol. The molecule has 0 radical (unpaired) electrons. The molecular formula is C15H22N2O3. The summed E-state index contributed by atoms with van der Waals surface area (Å²) in [5.41, 5.74) is 0.678. The standard InChI is InChI=1S/C15H22N2O3/c1-11-4-3-5-12(7-6-11)16-14-9-8-13(20-2)10-15(14)17(18)19/h8-12,16H,3-7H2,1-2H3. The maximum absolute atomic E-state index is 11.2. The molecule has 1 aromatic rings. The first-order valence-corrected chi connectivity index (χ1v) is 7.19. The number of rotatable bonds is 4. The van der Waals surface area contributed by atoms with Crippen molar-refractivity contribution in [3.05, 3.63) is 28.3 Å². The molecule has 5 nitrogen and oxygen atoms in total. The number of benzene rings is 1. The second-order valence-corrected chi connectivity index (χ2v) is 5.59. The lowest BCUT2D eigenvalue weighted by atomic mass is 10.0. The van der Waals surface area contributed by atoms with Gasteiger partial charge in [-0.05, 0) is 37.3 Å². The summed E-state index contributed by atoms with van der Waals surface area (Å²) in [6, 6.07) is 5.30. The molecule has 0 spiro atoms. The lowest BCUT2D eigenvalue weighted by molar-refractivity contribution is -0.384. The minimum absolute atomic E-state index is 0.0849. The molecule has 2 unspecified atom stereocenters. The minimum Gasteiger partial charge on any atom is -0.496 e. The van der Waals surface area contributed by atoms with Gasteiger partial charge in [0.2, 0.25) is 0 Å². The number of hydrogen-bond acceptors (Lipinski definition) is 4. The van der Waals surface area contributed by atoms with Gasteiger partial charge in [-0.15, -0.1) is 0 Å². The molecule has 1 saturated carbocycles. The molecule has 1 aliphatic rings. The first kappa shape index (κ1) is 14.6. The van der Waals surface area contributed by atoms with Crippen LogP contribution in [0.25, 0.3) is 0 Å². The second-order valence-electron chi connectivity index (χ2n) is 5.59. The van der Waals surface area contributed by atoms with Crippen LogP contribution in [0.5, 0.6) is 5.75 Å². The second kappa shape index (κ2) is 6.59. The van der Waals surface area contributed by atoms with E-state index in [9.17, 15) is 10.1 Å². The quantitative estimate of drug-likeness (QED) is 0.514. The highest BCUT2D eigenvalue weighted by atomic mass is 16.6. The summed E-state index contributed by atoms with van der Waals surface area (Å²) in [5, 5.41) is 14.5. The fourth-order valence-electron chi connectivity index (χ4n) is 2.76. The third-order valence-electron chi connectivity index (χ3n) is 4.02. The number of nitrogens with one attached hydrogen (secondary N) is 1. The molecule has 0 heterocycles. The summed E-state index contributed by atoms with van der Waals surface area (Å²) in [5.74, 6) is 1.27. The monoisotopic (exact) mass is 278 g/mol. The number of nitrogens with zero attached hydrogens (tertiary/aromatic N) is 1. The zero-order chi connectivity index (χ0) is 14.5. The Kier molecular flexibility index (Phi) is 4.82. The van der Waals surface area contributed by atoms with E-state index in [1.54, 1.807) is 12.1 Å². The molecule has 0 aliphatic heterocycles. The molecule has 5 heteroatoms. The largest absolute Gasteiger partial charge is 0.496 e. The summed E-state index contributed by atoms with van der Waals surface area (Å²) < 4.78 is 5.05. The van der Waals surface area contributed by atoms with Crippen molar-refractivity contribution in [3.63, 3.8) is 0 Å². The van der Waals surface area contributed by atoms with Crippen LogP contribution in [0.4, 0.5) is 11.4 Å². The molecule has 0 amide bonds. The van der Waals surface area contributed by atoms with E-state index in [4.69, 9.17) is 4.74 Å². The minimum atomic E-state index is -0.357. The number of anilines is 1. The lowest BCUT2D eigenvalue weighted by Crippen LogP contribution is -2.19. The van der Waals surface area contributed by atoms with Gasteiger partial charge in [0.05, 0.1) is 18.1 Å². The van der Waals surface area contributed by atoms with Gasteiger partial charge in [0, 0.05) is 6.04 Å². The van der Waals surface area contributed by atoms with Crippen LogP contribution in [0.3, 0.4) is 0 Å². The van der Waals surface area contributed by atoms with E-state index < -0.39 is 0 Å². The summed E-state index contributed by atoms with van der Waals surface area (Å²) in [6.07, 6.45) is 5.77. The summed E-state index contributed by atoms with van der Waals surface area (Å²) in [4.78, 5) is 10.8. The van der Waals surface area contributed by atoms with E-state index >= 15 is 0 Å². The predicted molar refractivity (Wildman–Crippen MR) is 79.3 cm³/mol. The van der Waals surface area contributed by atoms with Crippen LogP contribution in [0.2, 0.25) is 0 Å². The maximum atomic E-state index is 11.2. The van der Waals surface area contributed by atoms with Crippen molar-refractivity contribution in [1.29, 1.82) is 0 Å². The van der Waals surface area contributed by atoms with E-state index in [0.29, 0.717) is 17.5 Å². The van der Waals surface area contributed by atoms with E-state index in [2.05, 4.69) is 12.2 Å². The summed E-state index contributed by atoms with van der Waals surface area (Å²) >= 11 is 0. The van der Waals surface area contributed by atoms with Crippen LogP contribution < -0.4 is 10.1 Å². The lowest BCUT2D eigenvalue weighted by Gasteiger charge is -2.18. The van der Waals surface area contributed by atoms with E-state index in [1.165, 1.54) is 32.4 Å². The van der Waals surface area contributed by atoms with Crippen LogP contribution in [0.15, 0.2) is 18.2 Å². The normalized spacial score (nSPS) is 22.9. The Morgan fingerprint density at radius 1 is 1.30 bits per heavy atom. The third-order valence-corrected chi connectivity index (χ3v) is 4.02. The van der Waals surface area contributed by atoms with Crippen molar-refractivity contribution >= 4 is 11.4 Å². The van der Waals surface area contributed by atoms with Crippen molar-refractivity contribution in [2.75, 3.05) is 12.4 Å². The van der Waals surface area contributed by atoms with E-state index in [1.807, 2.05) is 0 Å². The molecule has 1 fully saturated rings. The molecule has 1 aromatic carbocycles. The molecule has 2 rings (SSSR count).